The number of anilines is 1. The molecular weight excluding hydrogens is 257 g/mol. The second kappa shape index (κ2) is 6.70. The Labute approximate surface area is 119 Å². The standard InChI is InChI=1S/C15H22FN3O/c1-11(10-19-4-2-3-5-19)9-18-15(20)12-6-13(16)8-14(17)7-12/h6-8,11H,2-5,9-10,17H2,1H3,(H,18,20). The summed E-state index contributed by atoms with van der Waals surface area (Å²) in [5.74, 6) is -0.382. The van der Waals surface area contributed by atoms with Crippen LogP contribution in [0.3, 0.4) is 0 Å². The van der Waals surface area contributed by atoms with Gasteiger partial charge in [-0.3, -0.25) is 4.79 Å². The lowest BCUT2D eigenvalue weighted by molar-refractivity contribution is 0.0944. The zero-order valence-corrected chi connectivity index (χ0v) is 11.9. The second-order valence-corrected chi connectivity index (χ2v) is 5.60. The molecule has 0 bridgehead atoms. The highest BCUT2D eigenvalue weighted by Gasteiger charge is 2.15. The van der Waals surface area contributed by atoms with Crippen LogP contribution in [0.15, 0.2) is 18.2 Å². The number of hydrogen-bond acceptors (Lipinski definition) is 3. The molecular formula is C15H22FN3O. The summed E-state index contributed by atoms with van der Waals surface area (Å²) in [7, 11) is 0. The van der Waals surface area contributed by atoms with Gasteiger partial charge < -0.3 is 16.0 Å². The summed E-state index contributed by atoms with van der Waals surface area (Å²) in [6.45, 7) is 5.99. The minimum Gasteiger partial charge on any atom is -0.399 e. The monoisotopic (exact) mass is 279 g/mol. The van der Waals surface area contributed by atoms with Crippen LogP contribution in [0.1, 0.15) is 30.1 Å². The molecule has 1 atom stereocenters. The number of likely N-dealkylation sites (tertiary alicyclic amines) is 1. The lowest BCUT2D eigenvalue weighted by Crippen LogP contribution is -2.34. The fourth-order valence-corrected chi connectivity index (χ4v) is 2.58. The van der Waals surface area contributed by atoms with Crippen molar-refractivity contribution in [3.63, 3.8) is 0 Å². The third-order valence-corrected chi connectivity index (χ3v) is 3.56. The molecule has 1 heterocycles. The van der Waals surface area contributed by atoms with E-state index in [4.69, 9.17) is 5.73 Å². The maximum absolute atomic E-state index is 13.2. The maximum Gasteiger partial charge on any atom is 0.251 e. The topological polar surface area (TPSA) is 58.4 Å². The van der Waals surface area contributed by atoms with Crippen LogP contribution >= 0.6 is 0 Å². The molecule has 110 valence electrons. The average Bonchev–Trinajstić information content (AvgIpc) is 2.87. The van der Waals surface area contributed by atoms with Gasteiger partial charge in [-0.05, 0) is 50.0 Å². The summed E-state index contributed by atoms with van der Waals surface area (Å²) >= 11 is 0. The smallest absolute Gasteiger partial charge is 0.251 e. The first-order chi connectivity index (χ1) is 9.54. The van der Waals surface area contributed by atoms with Gasteiger partial charge in [0.05, 0.1) is 0 Å². The first-order valence-electron chi connectivity index (χ1n) is 7.11. The van der Waals surface area contributed by atoms with Crippen molar-refractivity contribution in [2.45, 2.75) is 19.8 Å². The van der Waals surface area contributed by atoms with Crippen LogP contribution in [0.2, 0.25) is 0 Å². The van der Waals surface area contributed by atoms with Gasteiger partial charge in [-0.2, -0.15) is 0 Å². The summed E-state index contributed by atoms with van der Waals surface area (Å²) in [6, 6.07) is 3.90. The summed E-state index contributed by atoms with van der Waals surface area (Å²) < 4.78 is 13.2. The first kappa shape index (κ1) is 14.8. The van der Waals surface area contributed by atoms with E-state index < -0.39 is 5.82 Å². The lowest BCUT2D eigenvalue weighted by atomic mass is 10.1. The molecule has 0 spiro atoms. The van der Waals surface area contributed by atoms with Crippen LogP contribution in [0.5, 0.6) is 0 Å². The summed E-state index contributed by atoms with van der Waals surface area (Å²) in [6.07, 6.45) is 2.53. The van der Waals surface area contributed by atoms with Crippen molar-refractivity contribution < 1.29 is 9.18 Å². The molecule has 0 aliphatic carbocycles. The van der Waals surface area contributed by atoms with Crippen LogP contribution in [0, 0.1) is 11.7 Å². The number of nitrogens with two attached hydrogens (primary N) is 1. The zero-order chi connectivity index (χ0) is 14.5. The van der Waals surface area contributed by atoms with Crippen molar-refractivity contribution in [1.29, 1.82) is 0 Å². The van der Waals surface area contributed by atoms with Gasteiger partial charge in [0.1, 0.15) is 5.82 Å². The molecule has 0 saturated carbocycles. The third kappa shape index (κ3) is 4.20. The summed E-state index contributed by atoms with van der Waals surface area (Å²) in [5, 5.41) is 2.84. The minimum atomic E-state index is -0.486. The number of rotatable bonds is 5. The Hall–Kier alpha value is -1.62. The number of nitrogens with one attached hydrogen (secondary N) is 1. The molecule has 1 fully saturated rings. The first-order valence-corrected chi connectivity index (χ1v) is 7.11. The average molecular weight is 279 g/mol. The van der Waals surface area contributed by atoms with Crippen molar-refractivity contribution in [2.75, 3.05) is 31.9 Å². The fourth-order valence-electron chi connectivity index (χ4n) is 2.58. The molecule has 0 aromatic heterocycles. The summed E-state index contributed by atoms with van der Waals surface area (Å²) in [5.41, 5.74) is 6.07. The van der Waals surface area contributed by atoms with Gasteiger partial charge in [-0.15, -0.1) is 0 Å². The molecule has 2 rings (SSSR count). The van der Waals surface area contributed by atoms with E-state index in [9.17, 15) is 9.18 Å². The molecule has 4 nitrogen and oxygen atoms in total. The molecule has 1 aliphatic rings. The van der Waals surface area contributed by atoms with Gasteiger partial charge in [-0.25, -0.2) is 4.39 Å². The molecule has 1 aromatic carbocycles. The van der Waals surface area contributed by atoms with Crippen LogP contribution in [-0.4, -0.2) is 37.0 Å². The Morgan fingerprint density at radius 1 is 1.40 bits per heavy atom. The highest BCUT2D eigenvalue weighted by Crippen LogP contribution is 2.12. The van der Waals surface area contributed by atoms with Gasteiger partial charge in [0.15, 0.2) is 0 Å². The van der Waals surface area contributed by atoms with Crippen molar-refractivity contribution in [1.82, 2.24) is 10.2 Å². The zero-order valence-electron chi connectivity index (χ0n) is 11.9. The van der Waals surface area contributed by atoms with E-state index in [0.29, 0.717) is 12.5 Å². The van der Waals surface area contributed by atoms with Crippen molar-refractivity contribution in [2.24, 2.45) is 5.92 Å². The molecule has 0 radical (unpaired) electrons. The number of amides is 1. The SMILES string of the molecule is CC(CNC(=O)c1cc(N)cc(F)c1)CN1CCCC1. The molecule has 20 heavy (non-hydrogen) atoms. The molecule has 1 saturated heterocycles. The largest absolute Gasteiger partial charge is 0.399 e. The van der Waals surface area contributed by atoms with Crippen molar-refractivity contribution in [3.8, 4) is 0 Å². The molecule has 1 aromatic rings. The van der Waals surface area contributed by atoms with E-state index in [0.717, 1.165) is 19.6 Å². The predicted octanol–water partition coefficient (Wildman–Crippen LogP) is 1.87. The highest BCUT2D eigenvalue weighted by molar-refractivity contribution is 5.95. The Kier molecular flexibility index (Phi) is 4.95. The van der Waals surface area contributed by atoms with E-state index >= 15 is 0 Å². The molecule has 5 heteroatoms. The fraction of sp³-hybridized carbons (Fsp3) is 0.533. The van der Waals surface area contributed by atoms with E-state index in [-0.39, 0.29) is 17.2 Å². The van der Waals surface area contributed by atoms with Crippen molar-refractivity contribution in [3.05, 3.63) is 29.6 Å². The number of nitrogens with zero attached hydrogens (tertiary/aromatic N) is 1. The van der Waals surface area contributed by atoms with E-state index in [1.165, 1.54) is 31.0 Å². The normalized spacial score (nSPS) is 17.1. The lowest BCUT2D eigenvalue weighted by Gasteiger charge is -2.20. The van der Waals surface area contributed by atoms with Gasteiger partial charge >= 0.3 is 0 Å². The highest BCUT2D eigenvalue weighted by atomic mass is 19.1. The summed E-state index contributed by atoms with van der Waals surface area (Å²) in [4.78, 5) is 14.4. The van der Waals surface area contributed by atoms with Gasteiger partial charge in [0, 0.05) is 24.3 Å². The Morgan fingerprint density at radius 3 is 2.75 bits per heavy atom. The minimum absolute atomic E-state index is 0.264. The van der Waals surface area contributed by atoms with Crippen LogP contribution in [0.4, 0.5) is 10.1 Å². The van der Waals surface area contributed by atoms with Gasteiger partial charge in [0.2, 0.25) is 0 Å². The molecule has 3 N–H and O–H groups in total. The Morgan fingerprint density at radius 2 is 2.10 bits per heavy atom. The molecule has 1 aliphatic heterocycles. The molecule has 1 unspecified atom stereocenters. The van der Waals surface area contributed by atoms with Crippen LogP contribution < -0.4 is 11.1 Å². The van der Waals surface area contributed by atoms with Crippen LogP contribution in [0.25, 0.3) is 0 Å². The number of nitrogen functional groups attached to an aromatic ring is 1. The van der Waals surface area contributed by atoms with E-state index in [2.05, 4.69) is 17.1 Å². The number of halogens is 1. The number of carbonyl (C=O) groups is 1. The number of hydrogen-bond donors (Lipinski definition) is 2. The van der Waals surface area contributed by atoms with Gasteiger partial charge in [0.25, 0.3) is 5.91 Å². The maximum atomic E-state index is 13.2. The molecule has 1 amide bonds. The second-order valence-electron chi connectivity index (χ2n) is 5.60. The Bertz CT molecular complexity index is 452. The number of carbonyl (C=O) groups excluding carboxylic acids is 1. The Balaban J connectivity index is 1.81. The predicted molar refractivity (Wildman–Crippen MR) is 78.0 cm³/mol. The third-order valence-electron chi connectivity index (χ3n) is 3.56. The van der Waals surface area contributed by atoms with E-state index in [1.807, 2.05) is 0 Å². The van der Waals surface area contributed by atoms with E-state index in [1.54, 1.807) is 0 Å². The van der Waals surface area contributed by atoms with Crippen molar-refractivity contribution >= 4 is 11.6 Å². The number of benzene rings is 1. The van der Waals surface area contributed by atoms with Crippen LogP contribution in [-0.2, 0) is 0 Å². The van der Waals surface area contributed by atoms with Gasteiger partial charge in [-0.1, -0.05) is 6.92 Å². The quantitative estimate of drug-likeness (QED) is 0.809.